The summed E-state index contributed by atoms with van der Waals surface area (Å²) >= 11 is 1.48. The number of hydrogen-bond donors (Lipinski definition) is 2. The van der Waals surface area contributed by atoms with E-state index in [1.807, 2.05) is 12.1 Å². The van der Waals surface area contributed by atoms with Crippen molar-refractivity contribution in [3.05, 3.63) is 23.8 Å². The van der Waals surface area contributed by atoms with E-state index in [2.05, 4.69) is 11.1 Å². The molecule has 17 heavy (non-hydrogen) atoms. The van der Waals surface area contributed by atoms with Crippen LogP contribution in [0, 0.1) is 5.92 Å². The summed E-state index contributed by atoms with van der Waals surface area (Å²) in [6.07, 6.45) is 1.47. The lowest BCUT2D eigenvalue weighted by molar-refractivity contribution is -0.145. The number of carbonyl (C=O) groups is 1. The average Bonchev–Trinajstić information content (AvgIpc) is 2.54. The lowest BCUT2D eigenvalue weighted by atomic mass is 9.71. The summed E-state index contributed by atoms with van der Waals surface area (Å²) in [4.78, 5) is 15.0. The number of thiazole rings is 1. The fraction of sp³-hybridized carbons (Fsp3) is 0.333. The van der Waals surface area contributed by atoms with Gasteiger partial charge in [0.15, 0.2) is 5.13 Å². The van der Waals surface area contributed by atoms with E-state index in [1.54, 1.807) is 0 Å². The first-order valence-electron chi connectivity index (χ1n) is 5.52. The van der Waals surface area contributed by atoms with Crippen molar-refractivity contribution in [1.29, 1.82) is 0 Å². The van der Waals surface area contributed by atoms with Gasteiger partial charge in [-0.15, -0.1) is 0 Å². The van der Waals surface area contributed by atoms with Crippen LogP contribution in [0.1, 0.15) is 24.3 Å². The van der Waals surface area contributed by atoms with Gasteiger partial charge in [-0.1, -0.05) is 17.4 Å². The van der Waals surface area contributed by atoms with Crippen molar-refractivity contribution in [3.63, 3.8) is 0 Å². The zero-order chi connectivity index (χ0) is 12.0. The quantitative estimate of drug-likeness (QED) is 0.856. The number of rotatable bonds is 2. The minimum atomic E-state index is -0.680. The van der Waals surface area contributed by atoms with Crippen LogP contribution in [-0.2, 0) is 4.79 Å². The fourth-order valence-electron chi connectivity index (χ4n) is 2.31. The minimum Gasteiger partial charge on any atom is -0.481 e. The Balaban J connectivity index is 1.85. The molecule has 1 aromatic heterocycles. The Kier molecular flexibility index (Phi) is 2.29. The van der Waals surface area contributed by atoms with E-state index in [-0.39, 0.29) is 5.92 Å². The Morgan fingerprint density at radius 2 is 2.24 bits per heavy atom. The topological polar surface area (TPSA) is 76.2 Å². The van der Waals surface area contributed by atoms with Crippen LogP contribution in [0.25, 0.3) is 10.2 Å². The fourth-order valence-corrected chi connectivity index (χ4v) is 3.02. The van der Waals surface area contributed by atoms with E-state index < -0.39 is 5.97 Å². The second kappa shape index (κ2) is 3.70. The monoisotopic (exact) mass is 248 g/mol. The molecule has 1 heterocycles. The summed E-state index contributed by atoms with van der Waals surface area (Å²) in [5.74, 6) is -0.486. The number of carboxylic acid groups (broad SMARTS) is 1. The van der Waals surface area contributed by atoms with E-state index in [4.69, 9.17) is 10.8 Å². The number of carboxylic acids is 1. The predicted molar refractivity (Wildman–Crippen MR) is 67.1 cm³/mol. The van der Waals surface area contributed by atoms with E-state index >= 15 is 0 Å². The first kappa shape index (κ1) is 10.5. The molecule has 88 valence electrons. The molecule has 5 heteroatoms. The first-order chi connectivity index (χ1) is 8.13. The molecule has 3 rings (SSSR count). The van der Waals surface area contributed by atoms with Crippen molar-refractivity contribution in [2.75, 3.05) is 5.73 Å². The summed E-state index contributed by atoms with van der Waals surface area (Å²) in [5.41, 5.74) is 7.76. The zero-order valence-electron chi connectivity index (χ0n) is 9.09. The number of aromatic nitrogens is 1. The molecule has 0 bridgehead atoms. The van der Waals surface area contributed by atoms with Crippen molar-refractivity contribution in [3.8, 4) is 0 Å². The number of benzene rings is 1. The molecule has 0 saturated heterocycles. The normalized spacial score (nSPS) is 23.5. The zero-order valence-corrected chi connectivity index (χ0v) is 9.91. The van der Waals surface area contributed by atoms with Gasteiger partial charge in [0.2, 0.25) is 0 Å². The standard InChI is InChI=1S/C12H12N2O2S/c13-12-14-9-5-6(1-2-10(9)17-12)7-3-8(4-7)11(15)16/h1-2,5,7-8H,3-4H2,(H2,13,14)(H,15,16). The average molecular weight is 248 g/mol. The highest BCUT2D eigenvalue weighted by atomic mass is 32.1. The van der Waals surface area contributed by atoms with Crippen LogP contribution in [0.4, 0.5) is 5.13 Å². The Morgan fingerprint density at radius 1 is 1.47 bits per heavy atom. The van der Waals surface area contributed by atoms with Gasteiger partial charge in [-0.25, -0.2) is 4.98 Å². The van der Waals surface area contributed by atoms with Crippen LogP contribution in [0.5, 0.6) is 0 Å². The Morgan fingerprint density at radius 3 is 2.94 bits per heavy atom. The number of fused-ring (bicyclic) bond motifs is 1. The maximum absolute atomic E-state index is 10.7. The summed E-state index contributed by atoms with van der Waals surface area (Å²) in [6, 6.07) is 6.11. The highest BCUT2D eigenvalue weighted by molar-refractivity contribution is 7.22. The Labute approximate surface area is 102 Å². The Hall–Kier alpha value is -1.62. The van der Waals surface area contributed by atoms with Gasteiger partial charge in [0.1, 0.15) is 0 Å². The van der Waals surface area contributed by atoms with E-state index in [0.717, 1.165) is 23.1 Å². The number of anilines is 1. The van der Waals surface area contributed by atoms with Gasteiger partial charge in [0, 0.05) is 0 Å². The number of aliphatic carboxylic acids is 1. The molecule has 1 aliphatic carbocycles. The molecule has 0 atom stereocenters. The second-order valence-corrected chi connectivity index (χ2v) is 5.54. The molecular weight excluding hydrogens is 236 g/mol. The van der Waals surface area contributed by atoms with Gasteiger partial charge < -0.3 is 10.8 Å². The minimum absolute atomic E-state index is 0.170. The summed E-state index contributed by atoms with van der Waals surface area (Å²) in [6.45, 7) is 0. The van der Waals surface area contributed by atoms with Gasteiger partial charge >= 0.3 is 5.97 Å². The highest BCUT2D eigenvalue weighted by Crippen LogP contribution is 2.42. The molecule has 0 amide bonds. The molecule has 0 unspecified atom stereocenters. The van der Waals surface area contributed by atoms with Crippen LogP contribution in [0.15, 0.2) is 18.2 Å². The van der Waals surface area contributed by atoms with Crippen molar-refractivity contribution in [2.45, 2.75) is 18.8 Å². The molecule has 0 radical (unpaired) electrons. The molecule has 0 spiro atoms. The number of nitrogen functional groups attached to an aromatic ring is 1. The van der Waals surface area contributed by atoms with Crippen LogP contribution >= 0.6 is 11.3 Å². The molecule has 1 fully saturated rings. The molecule has 0 aliphatic heterocycles. The number of hydrogen-bond acceptors (Lipinski definition) is 4. The second-order valence-electron chi connectivity index (χ2n) is 4.48. The molecule has 3 N–H and O–H groups in total. The van der Waals surface area contributed by atoms with E-state index in [1.165, 1.54) is 16.9 Å². The molecule has 4 nitrogen and oxygen atoms in total. The van der Waals surface area contributed by atoms with Crippen LogP contribution in [0.2, 0.25) is 0 Å². The van der Waals surface area contributed by atoms with E-state index in [9.17, 15) is 4.79 Å². The van der Waals surface area contributed by atoms with Gasteiger partial charge in [-0.2, -0.15) is 0 Å². The third kappa shape index (κ3) is 1.76. The summed E-state index contributed by atoms with van der Waals surface area (Å²) in [7, 11) is 0. The maximum atomic E-state index is 10.7. The third-order valence-corrected chi connectivity index (χ3v) is 4.25. The molecular formula is C12H12N2O2S. The predicted octanol–water partition coefficient (Wildman–Crippen LogP) is 2.46. The third-order valence-electron chi connectivity index (χ3n) is 3.39. The van der Waals surface area contributed by atoms with Crippen molar-refractivity contribution in [2.24, 2.45) is 5.92 Å². The Bertz CT molecular complexity index is 587. The van der Waals surface area contributed by atoms with Crippen molar-refractivity contribution >= 4 is 32.7 Å². The van der Waals surface area contributed by atoms with Gasteiger partial charge in [-0.3, -0.25) is 4.79 Å². The molecule has 1 aliphatic rings. The van der Waals surface area contributed by atoms with Gasteiger partial charge in [0.05, 0.1) is 16.1 Å². The highest BCUT2D eigenvalue weighted by Gasteiger charge is 2.35. The number of nitrogens with zero attached hydrogens (tertiary/aromatic N) is 1. The van der Waals surface area contributed by atoms with Crippen LogP contribution in [0.3, 0.4) is 0 Å². The van der Waals surface area contributed by atoms with E-state index in [0.29, 0.717) is 11.0 Å². The molecule has 1 saturated carbocycles. The maximum Gasteiger partial charge on any atom is 0.306 e. The van der Waals surface area contributed by atoms with Gasteiger partial charge in [0.25, 0.3) is 0 Å². The van der Waals surface area contributed by atoms with Crippen molar-refractivity contribution < 1.29 is 9.90 Å². The largest absolute Gasteiger partial charge is 0.481 e. The van der Waals surface area contributed by atoms with Crippen LogP contribution < -0.4 is 5.73 Å². The first-order valence-corrected chi connectivity index (χ1v) is 6.34. The SMILES string of the molecule is Nc1nc2cc(C3CC(C(=O)O)C3)ccc2s1. The lowest BCUT2D eigenvalue weighted by Gasteiger charge is -2.32. The number of nitrogens with two attached hydrogens (primary N) is 1. The van der Waals surface area contributed by atoms with Crippen molar-refractivity contribution in [1.82, 2.24) is 4.98 Å². The van der Waals surface area contributed by atoms with Gasteiger partial charge in [-0.05, 0) is 36.5 Å². The summed E-state index contributed by atoms with van der Waals surface area (Å²) in [5, 5.41) is 9.42. The summed E-state index contributed by atoms with van der Waals surface area (Å²) < 4.78 is 1.08. The van der Waals surface area contributed by atoms with Crippen LogP contribution in [-0.4, -0.2) is 16.1 Å². The molecule has 2 aromatic rings. The lowest BCUT2D eigenvalue weighted by Crippen LogP contribution is -2.28. The smallest absolute Gasteiger partial charge is 0.306 e. The molecule has 1 aromatic carbocycles.